The van der Waals surface area contributed by atoms with Crippen molar-refractivity contribution in [1.29, 1.82) is 0 Å². The van der Waals surface area contributed by atoms with Crippen molar-refractivity contribution in [2.45, 2.75) is 23.9 Å². The van der Waals surface area contributed by atoms with Gasteiger partial charge in [-0.25, -0.2) is 0 Å². The van der Waals surface area contributed by atoms with Crippen LogP contribution in [0.2, 0.25) is 0 Å². The minimum Gasteiger partial charge on any atom is -0.459 e. The van der Waals surface area contributed by atoms with Gasteiger partial charge in [-0.2, -0.15) is 0 Å². The van der Waals surface area contributed by atoms with Crippen molar-refractivity contribution >= 4 is 52.1 Å². The summed E-state index contributed by atoms with van der Waals surface area (Å²) >= 11 is 17.2. The second-order valence-electron chi connectivity index (χ2n) is 4.87. The van der Waals surface area contributed by atoms with E-state index in [0.29, 0.717) is 6.07 Å². The lowest BCUT2D eigenvalue weighted by atomic mass is 10.2. The van der Waals surface area contributed by atoms with E-state index < -0.39 is 48.8 Å². The fourth-order valence-electron chi connectivity index (χ4n) is 1.46. The van der Waals surface area contributed by atoms with E-state index in [9.17, 15) is 25.0 Å². The molecule has 1 atom stereocenters. The lowest BCUT2D eigenvalue weighted by Crippen LogP contribution is -2.49. The molecular formula is C12H12Cl3N3O6. The van der Waals surface area contributed by atoms with Crippen LogP contribution in [-0.2, 0) is 4.79 Å². The molecule has 0 aliphatic carbocycles. The molecule has 0 saturated heterocycles. The number of non-ortho nitro benzene ring substituents is 1. The van der Waals surface area contributed by atoms with Crippen LogP contribution >= 0.6 is 34.8 Å². The van der Waals surface area contributed by atoms with Crippen molar-refractivity contribution in [2.24, 2.45) is 5.92 Å². The fourth-order valence-corrected chi connectivity index (χ4v) is 1.76. The van der Waals surface area contributed by atoms with Gasteiger partial charge >= 0.3 is 5.69 Å². The maximum absolute atomic E-state index is 11.8. The first-order valence-corrected chi connectivity index (χ1v) is 7.53. The molecule has 9 nitrogen and oxygen atoms in total. The molecule has 0 saturated carbocycles. The quantitative estimate of drug-likeness (QED) is 0.338. The first-order valence-electron chi connectivity index (χ1n) is 6.40. The number of hydrogen-bond donors (Lipinski definition) is 1. The molecule has 0 radical (unpaired) electrons. The second-order valence-corrected chi connectivity index (χ2v) is 7.24. The largest absolute Gasteiger partial charge is 0.459 e. The van der Waals surface area contributed by atoms with Gasteiger partial charge in [-0.3, -0.25) is 25.0 Å². The predicted octanol–water partition coefficient (Wildman–Crippen LogP) is 3.35. The first-order chi connectivity index (χ1) is 10.9. The monoisotopic (exact) mass is 399 g/mol. The normalized spacial score (nSPS) is 12.6. The van der Waals surface area contributed by atoms with Gasteiger partial charge in [0.2, 0.25) is 15.9 Å². The number of nitro benzene ring substituents is 2. The summed E-state index contributed by atoms with van der Waals surface area (Å²) in [4.78, 5) is 31.9. The van der Waals surface area contributed by atoms with Crippen LogP contribution in [-0.4, -0.2) is 25.8 Å². The molecule has 1 N–H and O–H groups in total. The van der Waals surface area contributed by atoms with Crippen LogP contribution in [0.3, 0.4) is 0 Å². The van der Waals surface area contributed by atoms with Crippen LogP contribution in [0.25, 0.3) is 0 Å². The minimum absolute atomic E-state index is 0.397. The van der Waals surface area contributed by atoms with E-state index in [1.165, 1.54) is 0 Å². The van der Waals surface area contributed by atoms with Gasteiger partial charge < -0.3 is 10.1 Å². The Morgan fingerprint density at radius 2 is 1.79 bits per heavy atom. The number of ether oxygens (including phenoxy) is 1. The molecule has 12 heteroatoms. The highest BCUT2D eigenvalue weighted by molar-refractivity contribution is 6.68. The predicted molar refractivity (Wildman–Crippen MR) is 87.4 cm³/mol. The van der Waals surface area contributed by atoms with Crippen LogP contribution in [0, 0.1) is 26.1 Å². The van der Waals surface area contributed by atoms with E-state index in [1.54, 1.807) is 13.8 Å². The summed E-state index contributed by atoms with van der Waals surface area (Å²) in [6.07, 6.45) is -1.54. The van der Waals surface area contributed by atoms with Crippen LogP contribution in [0.4, 0.5) is 11.4 Å². The Balaban J connectivity index is 3.20. The number of nitro groups is 2. The summed E-state index contributed by atoms with van der Waals surface area (Å²) in [5.74, 6) is -1.38. The molecule has 0 aromatic heterocycles. The second kappa shape index (κ2) is 7.82. The Morgan fingerprint density at radius 3 is 2.21 bits per heavy atom. The van der Waals surface area contributed by atoms with E-state index in [0.717, 1.165) is 12.1 Å². The van der Waals surface area contributed by atoms with Crippen LogP contribution < -0.4 is 10.1 Å². The summed E-state index contributed by atoms with van der Waals surface area (Å²) in [6.45, 7) is 3.16. The van der Waals surface area contributed by atoms with Gasteiger partial charge in [0.25, 0.3) is 5.69 Å². The molecule has 0 bridgehead atoms. The van der Waals surface area contributed by atoms with Crippen molar-refractivity contribution in [3.63, 3.8) is 0 Å². The first kappa shape index (κ1) is 20.2. The average Bonchev–Trinajstić information content (AvgIpc) is 2.45. The number of rotatable bonds is 6. The zero-order chi connectivity index (χ0) is 18.7. The third kappa shape index (κ3) is 5.36. The highest BCUT2D eigenvalue weighted by Gasteiger charge is 2.38. The van der Waals surface area contributed by atoms with E-state index in [4.69, 9.17) is 39.5 Å². The topological polar surface area (TPSA) is 125 Å². The van der Waals surface area contributed by atoms with Gasteiger partial charge in [0.1, 0.15) is 0 Å². The van der Waals surface area contributed by atoms with Gasteiger partial charge in [-0.15, -0.1) is 0 Å². The molecule has 132 valence electrons. The van der Waals surface area contributed by atoms with Crippen LogP contribution in [0.1, 0.15) is 13.8 Å². The molecule has 0 fully saturated rings. The Morgan fingerprint density at radius 1 is 1.21 bits per heavy atom. The molecule has 1 aromatic rings. The number of benzene rings is 1. The minimum atomic E-state index is -2.14. The standard InChI is InChI=1S/C12H12Cl3N3O6/c1-6(2)10(19)16-11(12(13,14)15)24-9-4-3-7(17(20)21)5-8(9)18(22)23/h3-6,11H,1-2H3,(H,16,19)/t11-/m0/s1. The summed E-state index contributed by atoms with van der Waals surface area (Å²) < 4.78 is 3.10. The molecule has 0 aliphatic heterocycles. The van der Waals surface area contributed by atoms with Gasteiger partial charge in [-0.05, 0) is 6.07 Å². The molecular weight excluding hydrogens is 389 g/mol. The number of carbonyl (C=O) groups excluding carboxylic acids is 1. The number of halogens is 3. The van der Waals surface area contributed by atoms with E-state index in [-0.39, 0.29) is 0 Å². The number of nitrogens with zero attached hydrogens (tertiary/aromatic N) is 2. The maximum Gasteiger partial charge on any atom is 0.317 e. The van der Waals surface area contributed by atoms with Crippen molar-refractivity contribution in [3.05, 3.63) is 38.4 Å². The zero-order valence-corrected chi connectivity index (χ0v) is 14.6. The van der Waals surface area contributed by atoms with Gasteiger partial charge in [0.15, 0.2) is 5.75 Å². The van der Waals surface area contributed by atoms with E-state index in [1.807, 2.05) is 0 Å². The lowest BCUT2D eigenvalue weighted by Gasteiger charge is -2.26. The summed E-state index contributed by atoms with van der Waals surface area (Å²) in [7, 11) is 0. The molecule has 24 heavy (non-hydrogen) atoms. The third-order valence-electron chi connectivity index (χ3n) is 2.69. The van der Waals surface area contributed by atoms with E-state index in [2.05, 4.69) is 5.32 Å². The summed E-state index contributed by atoms with van der Waals surface area (Å²) in [5, 5.41) is 24.1. The van der Waals surface area contributed by atoms with Gasteiger partial charge in [0.05, 0.1) is 15.9 Å². The number of hydrogen-bond acceptors (Lipinski definition) is 6. The number of alkyl halides is 3. The Labute approximate surface area is 151 Å². The number of amides is 1. The zero-order valence-electron chi connectivity index (χ0n) is 12.4. The van der Waals surface area contributed by atoms with Crippen molar-refractivity contribution < 1.29 is 19.4 Å². The fraction of sp³-hybridized carbons (Fsp3) is 0.417. The molecule has 1 aromatic carbocycles. The van der Waals surface area contributed by atoms with Gasteiger partial charge in [0, 0.05) is 12.0 Å². The van der Waals surface area contributed by atoms with Crippen molar-refractivity contribution in [2.75, 3.05) is 0 Å². The lowest BCUT2D eigenvalue weighted by molar-refractivity contribution is -0.394. The summed E-state index contributed by atoms with van der Waals surface area (Å²) in [5.41, 5.74) is -1.21. The van der Waals surface area contributed by atoms with Crippen LogP contribution in [0.5, 0.6) is 5.75 Å². The molecule has 0 unspecified atom stereocenters. The van der Waals surface area contributed by atoms with E-state index >= 15 is 0 Å². The summed E-state index contributed by atoms with van der Waals surface area (Å²) in [6, 6.07) is 2.68. The SMILES string of the molecule is CC(C)C(=O)N[C@@H](Oc1ccc([N+](=O)[O-])cc1[N+](=O)[O-])C(Cl)(Cl)Cl. The average molecular weight is 401 g/mol. The maximum atomic E-state index is 11.8. The Hall–Kier alpha value is -1.84. The van der Waals surface area contributed by atoms with Crippen LogP contribution in [0.15, 0.2) is 18.2 Å². The molecule has 0 spiro atoms. The highest BCUT2D eigenvalue weighted by Crippen LogP contribution is 2.36. The molecule has 1 rings (SSSR count). The van der Waals surface area contributed by atoms with Crippen molar-refractivity contribution in [3.8, 4) is 5.75 Å². The Bertz CT molecular complexity index is 662. The molecule has 0 heterocycles. The number of nitrogens with one attached hydrogen (secondary N) is 1. The molecule has 0 aliphatic rings. The number of carbonyl (C=O) groups is 1. The molecule has 1 amide bonds. The Kier molecular flexibility index (Phi) is 6.58. The third-order valence-corrected chi connectivity index (χ3v) is 3.28. The highest BCUT2D eigenvalue weighted by atomic mass is 35.6. The smallest absolute Gasteiger partial charge is 0.317 e. The van der Waals surface area contributed by atoms with Crippen molar-refractivity contribution in [1.82, 2.24) is 5.32 Å². The van der Waals surface area contributed by atoms with Gasteiger partial charge in [-0.1, -0.05) is 48.7 Å².